The van der Waals surface area contributed by atoms with Crippen LogP contribution in [0.1, 0.15) is 33.6 Å². The number of thiophene rings is 1. The molecule has 1 fully saturated rings. The summed E-state index contributed by atoms with van der Waals surface area (Å²) in [4.78, 5) is 19.2. The molecule has 0 radical (unpaired) electrons. The Hall–Kier alpha value is -2.34. The van der Waals surface area contributed by atoms with E-state index in [-0.39, 0.29) is 0 Å². The van der Waals surface area contributed by atoms with Crippen molar-refractivity contribution in [3.63, 3.8) is 0 Å². The number of amidine groups is 1. The maximum atomic E-state index is 11.4. The molecule has 1 aliphatic heterocycles. The van der Waals surface area contributed by atoms with Gasteiger partial charge in [0.05, 0.1) is 12.7 Å². The molecule has 1 N–H and O–H groups in total. The Bertz CT molecular complexity index is 765. The van der Waals surface area contributed by atoms with Gasteiger partial charge in [0.2, 0.25) is 0 Å². The predicted octanol–water partition coefficient (Wildman–Crippen LogP) is 4.09. The van der Waals surface area contributed by atoms with Gasteiger partial charge in [0.1, 0.15) is 16.6 Å². The summed E-state index contributed by atoms with van der Waals surface area (Å²) in [5.41, 5.74) is 1.48. The number of hydrogen-bond donors (Lipinski definition) is 1. The molecule has 2 aromatic rings. The van der Waals surface area contributed by atoms with Crippen LogP contribution in [-0.2, 0) is 6.54 Å². The van der Waals surface area contributed by atoms with Crippen LogP contribution in [0.2, 0.25) is 0 Å². The summed E-state index contributed by atoms with van der Waals surface area (Å²) in [6.07, 6.45) is 1.92. The average molecular weight is 344 g/mol. The van der Waals surface area contributed by atoms with Crippen molar-refractivity contribution in [2.75, 3.05) is 13.7 Å². The second-order valence-electron chi connectivity index (χ2n) is 5.78. The lowest BCUT2D eigenvalue weighted by molar-refractivity contribution is 0.0698. The second kappa shape index (κ2) is 7.05. The fourth-order valence-electron chi connectivity index (χ4n) is 2.82. The molecule has 0 atom stereocenters. The van der Waals surface area contributed by atoms with Crippen LogP contribution in [0, 0.1) is 6.92 Å². The minimum Gasteiger partial charge on any atom is -0.497 e. The third-order valence-electron chi connectivity index (χ3n) is 4.02. The van der Waals surface area contributed by atoms with E-state index in [1.807, 2.05) is 31.2 Å². The number of methoxy groups -OCH3 is 1. The molecule has 2 heterocycles. The molecule has 6 heteroatoms. The monoisotopic (exact) mass is 344 g/mol. The van der Waals surface area contributed by atoms with Crippen molar-refractivity contribution in [2.45, 2.75) is 26.3 Å². The molecule has 0 unspecified atom stereocenters. The summed E-state index contributed by atoms with van der Waals surface area (Å²) in [5, 5.41) is 9.91. The molecular weight excluding hydrogens is 324 g/mol. The first-order valence-corrected chi connectivity index (χ1v) is 8.67. The van der Waals surface area contributed by atoms with Crippen LogP contribution in [0.3, 0.4) is 0 Å². The Balaban J connectivity index is 1.81. The lowest BCUT2D eigenvalue weighted by Crippen LogP contribution is -2.24. The van der Waals surface area contributed by atoms with Gasteiger partial charge in [0.15, 0.2) is 0 Å². The molecule has 0 aliphatic carbocycles. The Morgan fingerprint density at radius 3 is 2.79 bits per heavy atom. The van der Waals surface area contributed by atoms with Crippen molar-refractivity contribution in [1.82, 2.24) is 4.90 Å². The van der Waals surface area contributed by atoms with Gasteiger partial charge >= 0.3 is 5.97 Å². The van der Waals surface area contributed by atoms with E-state index in [0.29, 0.717) is 10.6 Å². The maximum Gasteiger partial charge on any atom is 0.338 e. The molecular formula is C18H20N2O3S. The summed E-state index contributed by atoms with van der Waals surface area (Å²) in [6.45, 7) is 3.62. The number of likely N-dealkylation sites (tertiary alicyclic amines) is 1. The van der Waals surface area contributed by atoms with Crippen molar-refractivity contribution >= 4 is 28.1 Å². The third-order valence-corrected chi connectivity index (χ3v) is 4.97. The Morgan fingerprint density at radius 1 is 1.38 bits per heavy atom. The van der Waals surface area contributed by atoms with Gasteiger partial charge in [-0.25, -0.2) is 9.79 Å². The van der Waals surface area contributed by atoms with Crippen LogP contribution >= 0.6 is 11.3 Å². The molecule has 24 heavy (non-hydrogen) atoms. The van der Waals surface area contributed by atoms with Crippen LogP contribution in [-0.4, -0.2) is 35.5 Å². The molecule has 1 saturated heterocycles. The molecule has 126 valence electrons. The number of hydrogen-bond acceptors (Lipinski definition) is 4. The number of carbonyl (C=O) groups is 1. The van der Waals surface area contributed by atoms with Gasteiger partial charge in [-0.2, -0.15) is 0 Å². The fourth-order valence-corrected chi connectivity index (χ4v) is 3.71. The van der Waals surface area contributed by atoms with Crippen LogP contribution in [0.15, 0.2) is 35.3 Å². The quantitative estimate of drug-likeness (QED) is 0.887. The van der Waals surface area contributed by atoms with Crippen LogP contribution < -0.4 is 4.74 Å². The number of aromatic carboxylic acids is 1. The highest BCUT2D eigenvalue weighted by molar-refractivity contribution is 7.16. The fraction of sp³-hybridized carbons (Fsp3) is 0.333. The van der Waals surface area contributed by atoms with Crippen molar-refractivity contribution < 1.29 is 14.6 Å². The third kappa shape index (κ3) is 3.59. The van der Waals surface area contributed by atoms with E-state index in [1.54, 1.807) is 13.2 Å². The van der Waals surface area contributed by atoms with Gasteiger partial charge < -0.3 is 14.7 Å². The minimum atomic E-state index is -0.918. The van der Waals surface area contributed by atoms with Gasteiger partial charge in [-0.05, 0) is 37.1 Å². The number of benzene rings is 1. The first kappa shape index (κ1) is 16.5. The normalized spacial score (nSPS) is 15.9. The largest absolute Gasteiger partial charge is 0.497 e. The van der Waals surface area contributed by atoms with E-state index in [4.69, 9.17) is 4.74 Å². The topological polar surface area (TPSA) is 62.1 Å². The first-order chi connectivity index (χ1) is 11.6. The van der Waals surface area contributed by atoms with Gasteiger partial charge in [-0.3, -0.25) is 0 Å². The summed E-state index contributed by atoms with van der Waals surface area (Å²) in [6, 6.07) is 9.69. The van der Waals surface area contributed by atoms with Crippen molar-refractivity contribution in [1.29, 1.82) is 0 Å². The molecule has 0 bridgehead atoms. The number of aliphatic imine (C=N–C) groups is 1. The number of carboxylic acids is 1. The Labute approximate surface area is 145 Å². The summed E-state index contributed by atoms with van der Waals surface area (Å²) in [5.74, 6) is 0.891. The van der Waals surface area contributed by atoms with E-state index in [0.717, 1.165) is 42.4 Å². The summed E-state index contributed by atoms with van der Waals surface area (Å²) in [7, 11) is 1.66. The zero-order chi connectivity index (χ0) is 17.1. The smallest absolute Gasteiger partial charge is 0.338 e. The van der Waals surface area contributed by atoms with Crippen molar-refractivity contribution in [3.05, 3.63) is 46.3 Å². The number of nitrogens with zero attached hydrogens (tertiary/aromatic N) is 2. The van der Waals surface area contributed by atoms with E-state index in [9.17, 15) is 9.90 Å². The molecule has 1 aromatic heterocycles. The lowest BCUT2D eigenvalue weighted by Gasteiger charge is -2.19. The molecule has 5 nitrogen and oxygen atoms in total. The number of carboxylic acid groups (broad SMARTS) is 1. The zero-order valence-electron chi connectivity index (χ0n) is 13.8. The number of ether oxygens (including phenoxy) is 1. The van der Waals surface area contributed by atoms with E-state index >= 15 is 0 Å². The standard InChI is InChI=1S/C18H20N2O3S/c1-12-10-15(18(21)22)17(24-12)19-16-4-3-9-20(16)11-13-5-7-14(23-2)8-6-13/h5-8,10H,3-4,9,11H2,1-2H3,(H,21,22). The van der Waals surface area contributed by atoms with Crippen molar-refractivity contribution in [3.8, 4) is 5.75 Å². The van der Waals surface area contributed by atoms with Gasteiger partial charge in [0, 0.05) is 24.4 Å². The second-order valence-corrected chi connectivity index (χ2v) is 7.02. The van der Waals surface area contributed by atoms with E-state index in [1.165, 1.54) is 16.9 Å². The highest BCUT2D eigenvalue weighted by Gasteiger charge is 2.21. The van der Waals surface area contributed by atoms with E-state index < -0.39 is 5.97 Å². The van der Waals surface area contributed by atoms with Gasteiger partial charge in [-0.1, -0.05) is 12.1 Å². The molecule has 0 amide bonds. The highest BCUT2D eigenvalue weighted by Crippen LogP contribution is 2.32. The summed E-state index contributed by atoms with van der Waals surface area (Å²) < 4.78 is 5.19. The average Bonchev–Trinajstić information content (AvgIpc) is 3.15. The molecule has 3 rings (SSSR count). The molecule has 1 aliphatic rings. The molecule has 0 saturated carbocycles. The summed E-state index contributed by atoms with van der Waals surface area (Å²) >= 11 is 1.43. The SMILES string of the molecule is COc1ccc(CN2CCCC2=Nc2sc(C)cc2C(=O)O)cc1. The minimum absolute atomic E-state index is 0.293. The Kier molecular flexibility index (Phi) is 4.85. The van der Waals surface area contributed by atoms with E-state index in [2.05, 4.69) is 9.89 Å². The highest BCUT2D eigenvalue weighted by atomic mass is 32.1. The molecule has 0 spiro atoms. The van der Waals surface area contributed by atoms with Crippen LogP contribution in [0.4, 0.5) is 5.00 Å². The lowest BCUT2D eigenvalue weighted by atomic mass is 10.2. The number of rotatable bonds is 5. The predicted molar refractivity (Wildman–Crippen MR) is 95.7 cm³/mol. The van der Waals surface area contributed by atoms with Crippen molar-refractivity contribution in [2.24, 2.45) is 4.99 Å². The van der Waals surface area contributed by atoms with Crippen LogP contribution in [0.25, 0.3) is 0 Å². The molecule has 1 aromatic carbocycles. The maximum absolute atomic E-state index is 11.4. The number of aryl methyl sites for hydroxylation is 1. The van der Waals surface area contributed by atoms with Gasteiger partial charge in [-0.15, -0.1) is 11.3 Å². The zero-order valence-corrected chi connectivity index (χ0v) is 14.6. The van der Waals surface area contributed by atoms with Crippen LogP contribution in [0.5, 0.6) is 5.75 Å². The first-order valence-electron chi connectivity index (χ1n) is 7.86. The van der Waals surface area contributed by atoms with Gasteiger partial charge in [0.25, 0.3) is 0 Å². The Morgan fingerprint density at radius 2 is 2.12 bits per heavy atom.